The molecule has 0 aliphatic heterocycles. The summed E-state index contributed by atoms with van der Waals surface area (Å²) in [6, 6.07) is 11.4. The maximum Gasteiger partial charge on any atom is 0.416 e. The molecule has 0 bridgehead atoms. The van der Waals surface area contributed by atoms with Gasteiger partial charge >= 0.3 is 12.4 Å². The van der Waals surface area contributed by atoms with Crippen molar-refractivity contribution < 1.29 is 26.3 Å². The zero-order valence-electron chi connectivity index (χ0n) is 20.2. The fourth-order valence-electron chi connectivity index (χ4n) is 5.10. The van der Waals surface area contributed by atoms with Crippen LogP contribution in [0.1, 0.15) is 61.3 Å². The molecular weight excluding hydrogens is 478 g/mol. The van der Waals surface area contributed by atoms with E-state index in [-0.39, 0.29) is 24.5 Å². The van der Waals surface area contributed by atoms with Crippen LogP contribution in [-0.4, -0.2) is 18.1 Å². The highest BCUT2D eigenvalue weighted by Crippen LogP contribution is 2.37. The van der Waals surface area contributed by atoms with Crippen LogP contribution in [0.5, 0.6) is 0 Å². The summed E-state index contributed by atoms with van der Waals surface area (Å²) in [5.74, 6) is 1.32. The first-order chi connectivity index (χ1) is 17.0. The number of pyridine rings is 1. The van der Waals surface area contributed by atoms with Crippen LogP contribution >= 0.6 is 0 Å². The van der Waals surface area contributed by atoms with E-state index in [1.807, 2.05) is 37.3 Å². The van der Waals surface area contributed by atoms with E-state index in [1.54, 1.807) is 0 Å². The van der Waals surface area contributed by atoms with E-state index in [1.165, 1.54) is 19.3 Å². The molecule has 1 heterocycles. The number of rotatable bonds is 7. The van der Waals surface area contributed by atoms with Crippen molar-refractivity contribution in [2.75, 3.05) is 18.0 Å². The lowest BCUT2D eigenvalue weighted by molar-refractivity contribution is -0.143. The topological polar surface area (TPSA) is 16.1 Å². The van der Waals surface area contributed by atoms with E-state index in [0.29, 0.717) is 5.92 Å². The predicted molar refractivity (Wildman–Crippen MR) is 130 cm³/mol. The molecule has 194 valence electrons. The Hall–Kier alpha value is -2.77. The summed E-state index contributed by atoms with van der Waals surface area (Å²) in [6.07, 6.45) is -3.41. The number of aromatic nitrogens is 1. The Morgan fingerprint density at radius 2 is 1.47 bits per heavy atom. The number of fused-ring (bicyclic) bond motifs is 1. The smallest absolute Gasteiger partial charge is 0.356 e. The highest BCUT2D eigenvalue weighted by atomic mass is 19.4. The molecule has 1 aliphatic rings. The molecule has 2 nitrogen and oxygen atoms in total. The van der Waals surface area contributed by atoms with Gasteiger partial charge in [-0.1, -0.05) is 37.5 Å². The van der Waals surface area contributed by atoms with Gasteiger partial charge in [0.2, 0.25) is 0 Å². The molecule has 0 amide bonds. The highest BCUT2D eigenvalue weighted by molar-refractivity contribution is 5.81. The molecule has 0 saturated heterocycles. The summed E-state index contributed by atoms with van der Waals surface area (Å²) in [5.41, 5.74) is -0.908. The molecule has 3 aromatic rings. The minimum Gasteiger partial charge on any atom is -0.356 e. The summed E-state index contributed by atoms with van der Waals surface area (Å²) >= 11 is 0. The molecule has 0 spiro atoms. The molecule has 36 heavy (non-hydrogen) atoms. The number of alkyl halides is 6. The van der Waals surface area contributed by atoms with Gasteiger partial charge in [0, 0.05) is 18.5 Å². The first kappa shape index (κ1) is 26.3. The van der Waals surface area contributed by atoms with Crippen LogP contribution in [0.25, 0.3) is 10.9 Å². The van der Waals surface area contributed by atoms with Gasteiger partial charge in [0.1, 0.15) is 5.82 Å². The van der Waals surface area contributed by atoms with Crippen LogP contribution in [-0.2, 0) is 25.2 Å². The molecule has 1 aromatic heterocycles. The van der Waals surface area contributed by atoms with Crippen molar-refractivity contribution in [3.8, 4) is 0 Å². The van der Waals surface area contributed by atoms with E-state index >= 15 is 0 Å². The summed E-state index contributed by atoms with van der Waals surface area (Å²) in [6.45, 7) is 3.61. The number of para-hydroxylation sites is 1. The van der Waals surface area contributed by atoms with Crippen molar-refractivity contribution in [3.05, 3.63) is 70.8 Å². The lowest BCUT2D eigenvalue weighted by Crippen LogP contribution is -2.32. The van der Waals surface area contributed by atoms with Gasteiger partial charge < -0.3 is 4.90 Å². The molecule has 8 heteroatoms. The van der Waals surface area contributed by atoms with E-state index < -0.39 is 23.5 Å². The Morgan fingerprint density at radius 3 is 2.08 bits per heavy atom. The molecule has 1 aliphatic carbocycles. The van der Waals surface area contributed by atoms with Gasteiger partial charge in [0.15, 0.2) is 0 Å². The van der Waals surface area contributed by atoms with Crippen LogP contribution in [0.3, 0.4) is 0 Å². The lowest BCUT2D eigenvalue weighted by atomic mass is 9.89. The maximum atomic E-state index is 13.3. The van der Waals surface area contributed by atoms with Crippen LogP contribution in [0.4, 0.5) is 32.2 Å². The van der Waals surface area contributed by atoms with E-state index in [4.69, 9.17) is 4.98 Å². The summed E-state index contributed by atoms with van der Waals surface area (Å²) in [5, 5.41) is 0.894. The molecular formula is C28H30F6N2. The van der Waals surface area contributed by atoms with Gasteiger partial charge in [0.05, 0.1) is 16.6 Å². The van der Waals surface area contributed by atoms with Gasteiger partial charge in [-0.2, -0.15) is 26.3 Å². The number of aryl methyl sites for hydroxylation is 2. The third kappa shape index (κ3) is 6.31. The van der Waals surface area contributed by atoms with Gasteiger partial charge in [0.25, 0.3) is 0 Å². The van der Waals surface area contributed by atoms with Crippen molar-refractivity contribution in [1.82, 2.24) is 4.98 Å². The Balaban J connectivity index is 1.67. The number of benzene rings is 2. The van der Waals surface area contributed by atoms with Crippen molar-refractivity contribution in [3.63, 3.8) is 0 Å². The van der Waals surface area contributed by atoms with Crippen LogP contribution in [0.15, 0.2) is 48.5 Å². The quantitative estimate of drug-likeness (QED) is 0.298. The molecule has 1 saturated carbocycles. The average molecular weight is 509 g/mol. The van der Waals surface area contributed by atoms with E-state index in [0.717, 1.165) is 60.3 Å². The highest BCUT2D eigenvalue weighted by Gasteiger charge is 2.36. The molecule has 1 fully saturated rings. The van der Waals surface area contributed by atoms with E-state index in [2.05, 4.69) is 4.90 Å². The number of hydrogen-bond acceptors (Lipinski definition) is 2. The standard InChI is InChI=1S/C28H30F6N2/c1-2-36(18-19-8-4-3-5-9-19)26-22(16-21-10-6-7-11-25(21)35-26)13-12-20-14-23(27(29,30)31)17-24(15-20)28(32,33)34/h6-7,10-11,14-17,19H,2-5,8-9,12-13,18H2,1H3. The predicted octanol–water partition coefficient (Wildman–Crippen LogP) is 8.46. The van der Waals surface area contributed by atoms with Crippen molar-refractivity contribution in [1.29, 1.82) is 0 Å². The first-order valence-electron chi connectivity index (χ1n) is 12.5. The van der Waals surface area contributed by atoms with Crippen molar-refractivity contribution in [2.45, 2.75) is 64.2 Å². The lowest BCUT2D eigenvalue weighted by Gasteiger charge is -2.31. The number of halogens is 6. The number of nitrogens with zero attached hydrogens (tertiary/aromatic N) is 2. The minimum atomic E-state index is -4.86. The third-order valence-corrected chi connectivity index (χ3v) is 7.00. The molecule has 4 rings (SSSR count). The Labute approximate surface area is 207 Å². The van der Waals surface area contributed by atoms with Crippen LogP contribution in [0, 0.1) is 5.92 Å². The van der Waals surface area contributed by atoms with Gasteiger partial charge in [-0.15, -0.1) is 0 Å². The Morgan fingerprint density at radius 1 is 0.833 bits per heavy atom. The normalized spacial score (nSPS) is 15.4. The molecule has 0 N–H and O–H groups in total. The number of hydrogen-bond donors (Lipinski definition) is 0. The number of anilines is 1. The van der Waals surface area contributed by atoms with Crippen molar-refractivity contribution >= 4 is 16.7 Å². The van der Waals surface area contributed by atoms with Crippen molar-refractivity contribution in [2.24, 2.45) is 5.92 Å². The summed E-state index contributed by atoms with van der Waals surface area (Å²) < 4.78 is 80.0. The van der Waals surface area contributed by atoms with Gasteiger partial charge in [-0.05, 0) is 80.0 Å². The molecule has 0 unspecified atom stereocenters. The summed E-state index contributed by atoms with van der Waals surface area (Å²) in [7, 11) is 0. The monoisotopic (exact) mass is 508 g/mol. The average Bonchev–Trinajstić information content (AvgIpc) is 2.85. The fraction of sp³-hybridized carbons (Fsp3) is 0.464. The zero-order chi connectivity index (χ0) is 25.9. The zero-order valence-corrected chi connectivity index (χ0v) is 20.2. The second-order valence-corrected chi connectivity index (χ2v) is 9.62. The van der Waals surface area contributed by atoms with Gasteiger partial charge in [-0.3, -0.25) is 0 Å². The second-order valence-electron chi connectivity index (χ2n) is 9.62. The van der Waals surface area contributed by atoms with Crippen LogP contribution < -0.4 is 4.90 Å². The third-order valence-electron chi connectivity index (χ3n) is 7.00. The van der Waals surface area contributed by atoms with Gasteiger partial charge in [-0.25, -0.2) is 4.98 Å². The van der Waals surface area contributed by atoms with Crippen LogP contribution in [0.2, 0.25) is 0 Å². The SMILES string of the molecule is CCN(CC1CCCCC1)c1nc2ccccc2cc1CCc1cc(C(F)(F)F)cc(C(F)(F)F)c1. The maximum absolute atomic E-state index is 13.3. The molecule has 0 radical (unpaired) electrons. The molecule has 0 atom stereocenters. The Bertz CT molecular complexity index is 1150. The fourth-order valence-corrected chi connectivity index (χ4v) is 5.10. The largest absolute Gasteiger partial charge is 0.416 e. The second kappa shape index (κ2) is 10.7. The Kier molecular flexibility index (Phi) is 7.81. The minimum absolute atomic E-state index is 0.00610. The van der Waals surface area contributed by atoms with E-state index in [9.17, 15) is 26.3 Å². The first-order valence-corrected chi connectivity index (χ1v) is 12.5. The summed E-state index contributed by atoms with van der Waals surface area (Å²) in [4.78, 5) is 7.12. The molecule has 2 aromatic carbocycles.